The summed E-state index contributed by atoms with van der Waals surface area (Å²) in [5.74, 6) is -0.518. The fourth-order valence-corrected chi connectivity index (χ4v) is 1.87. The number of methoxy groups -OCH3 is 1. The molecule has 8 heteroatoms. The lowest BCUT2D eigenvalue weighted by Crippen LogP contribution is -2.27. The Bertz CT molecular complexity index is 557. The van der Waals surface area contributed by atoms with Gasteiger partial charge in [-0.2, -0.15) is 0 Å². The normalized spacial score (nSPS) is 11.1. The Labute approximate surface area is 112 Å². The maximum atomic E-state index is 11.4. The van der Waals surface area contributed by atoms with Gasteiger partial charge in [0.2, 0.25) is 10.0 Å². The van der Waals surface area contributed by atoms with Crippen molar-refractivity contribution in [3.05, 3.63) is 23.8 Å². The van der Waals surface area contributed by atoms with Gasteiger partial charge in [0.1, 0.15) is 0 Å². The van der Waals surface area contributed by atoms with E-state index >= 15 is 0 Å². The van der Waals surface area contributed by atoms with Crippen molar-refractivity contribution in [1.29, 1.82) is 0 Å². The Hall–Kier alpha value is -1.80. The van der Waals surface area contributed by atoms with Gasteiger partial charge in [-0.1, -0.05) is 0 Å². The van der Waals surface area contributed by atoms with Crippen LogP contribution < -0.4 is 15.8 Å². The van der Waals surface area contributed by atoms with Crippen molar-refractivity contribution in [2.24, 2.45) is 0 Å². The lowest BCUT2D eigenvalue weighted by atomic mass is 10.1. The predicted molar refractivity (Wildman–Crippen MR) is 73.5 cm³/mol. The van der Waals surface area contributed by atoms with Crippen molar-refractivity contribution in [3.63, 3.8) is 0 Å². The molecule has 0 fully saturated rings. The summed E-state index contributed by atoms with van der Waals surface area (Å²) in [7, 11) is -1.92. The lowest BCUT2D eigenvalue weighted by molar-refractivity contribution is 0.0602. The number of nitrogens with one attached hydrogen (secondary N) is 2. The van der Waals surface area contributed by atoms with Crippen LogP contribution in [0.1, 0.15) is 10.4 Å². The maximum Gasteiger partial charge on any atom is 0.340 e. The molecule has 106 valence electrons. The van der Waals surface area contributed by atoms with Crippen LogP contribution in [0.2, 0.25) is 0 Å². The average Bonchev–Trinajstić information content (AvgIpc) is 2.34. The van der Waals surface area contributed by atoms with E-state index in [1.807, 2.05) is 0 Å². The second-order valence-corrected chi connectivity index (χ2v) is 5.72. The first-order valence-electron chi connectivity index (χ1n) is 5.50. The van der Waals surface area contributed by atoms with Crippen molar-refractivity contribution in [1.82, 2.24) is 4.72 Å². The van der Waals surface area contributed by atoms with E-state index in [1.54, 1.807) is 18.2 Å². The monoisotopic (exact) mass is 287 g/mol. The lowest BCUT2D eigenvalue weighted by Gasteiger charge is -2.09. The van der Waals surface area contributed by atoms with Gasteiger partial charge in [-0.15, -0.1) is 0 Å². The number of esters is 1. The minimum atomic E-state index is -3.19. The van der Waals surface area contributed by atoms with E-state index in [9.17, 15) is 13.2 Å². The number of nitrogens with two attached hydrogens (primary N) is 1. The zero-order valence-electron chi connectivity index (χ0n) is 10.8. The first-order valence-corrected chi connectivity index (χ1v) is 7.39. The Morgan fingerprint density at radius 1 is 1.37 bits per heavy atom. The molecule has 0 bridgehead atoms. The summed E-state index contributed by atoms with van der Waals surface area (Å²) < 4.78 is 28.7. The summed E-state index contributed by atoms with van der Waals surface area (Å²) in [4.78, 5) is 11.4. The number of ether oxygens (including phenoxy) is 1. The fraction of sp³-hybridized carbons (Fsp3) is 0.364. The van der Waals surface area contributed by atoms with Gasteiger partial charge >= 0.3 is 5.97 Å². The summed E-state index contributed by atoms with van der Waals surface area (Å²) >= 11 is 0. The topological polar surface area (TPSA) is 111 Å². The number of carbonyl (C=O) groups excluding carboxylic acids is 1. The zero-order chi connectivity index (χ0) is 14.5. The molecule has 0 heterocycles. The van der Waals surface area contributed by atoms with E-state index in [2.05, 4.69) is 14.8 Å². The second-order valence-electron chi connectivity index (χ2n) is 3.89. The number of sulfonamides is 1. The number of anilines is 2. The van der Waals surface area contributed by atoms with Crippen molar-refractivity contribution in [2.45, 2.75) is 0 Å². The highest BCUT2D eigenvalue weighted by atomic mass is 32.2. The van der Waals surface area contributed by atoms with Gasteiger partial charge in [0.15, 0.2) is 0 Å². The van der Waals surface area contributed by atoms with Crippen LogP contribution in [0.3, 0.4) is 0 Å². The molecule has 1 aromatic rings. The van der Waals surface area contributed by atoms with Gasteiger partial charge in [-0.05, 0) is 18.2 Å². The average molecular weight is 287 g/mol. The van der Waals surface area contributed by atoms with E-state index in [1.165, 1.54) is 7.11 Å². The third-order valence-corrected chi connectivity index (χ3v) is 3.01. The van der Waals surface area contributed by atoms with Crippen molar-refractivity contribution in [3.8, 4) is 0 Å². The SMILES string of the molecule is COC(=O)c1cc(NCCNS(C)(=O)=O)ccc1N. The van der Waals surface area contributed by atoms with Crippen LogP contribution in [0.5, 0.6) is 0 Å². The highest BCUT2D eigenvalue weighted by molar-refractivity contribution is 7.88. The molecule has 0 aliphatic rings. The molecule has 0 amide bonds. The van der Waals surface area contributed by atoms with Crippen LogP contribution in [-0.4, -0.2) is 40.8 Å². The van der Waals surface area contributed by atoms with Gasteiger partial charge in [-0.25, -0.2) is 17.9 Å². The zero-order valence-corrected chi connectivity index (χ0v) is 11.6. The van der Waals surface area contributed by atoms with Crippen LogP contribution >= 0.6 is 0 Å². The molecule has 7 nitrogen and oxygen atoms in total. The van der Waals surface area contributed by atoms with Crippen LogP contribution in [0, 0.1) is 0 Å². The van der Waals surface area contributed by atoms with Crippen LogP contribution in [0.25, 0.3) is 0 Å². The van der Waals surface area contributed by atoms with Gasteiger partial charge in [0, 0.05) is 24.5 Å². The minimum absolute atomic E-state index is 0.247. The molecule has 0 unspecified atom stereocenters. The molecule has 0 saturated carbocycles. The molecule has 0 aliphatic carbocycles. The molecule has 0 spiro atoms. The number of hydrogen-bond acceptors (Lipinski definition) is 6. The summed E-state index contributed by atoms with van der Waals surface area (Å²) in [6.07, 6.45) is 1.09. The highest BCUT2D eigenvalue weighted by Crippen LogP contribution is 2.18. The van der Waals surface area contributed by atoms with Crippen molar-refractivity contribution >= 4 is 27.4 Å². The number of carbonyl (C=O) groups is 1. The maximum absolute atomic E-state index is 11.4. The first-order chi connectivity index (χ1) is 8.83. The van der Waals surface area contributed by atoms with Gasteiger partial charge in [0.05, 0.1) is 18.9 Å². The second kappa shape index (κ2) is 6.39. The number of nitrogen functional groups attached to an aromatic ring is 1. The molecule has 0 aromatic heterocycles. The number of hydrogen-bond donors (Lipinski definition) is 3. The molecule has 19 heavy (non-hydrogen) atoms. The van der Waals surface area contributed by atoms with Crippen molar-refractivity contribution < 1.29 is 17.9 Å². The third-order valence-electron chi connectivity index (χ3n) is 2.28. The van der Waals surface area contributed by atoms with E-state index in [0.29, 0.717) is 17.9 Å². The Balaban J connectivity index is 2.62. The van der Waals surface area contributed by atoms with Gasteiger partial charge < -0.3 is 15.8 Å². The Kier molecular flexibility index (Phi) is 5.13. The van der Waals surface area contributed by atoms with E-state index < -0.39 is 16.0 Å². The number of rotatable bonds is 6. The first kappa shape index (κ1) is 15.3. The van der Waals surface area contributed by atoms with E-state index in [0.717, 1.165) is 6.26 Å². The van der Waals surface area contributed by atoms with Gasteiger partial charge in [-0.3, -0.25) is 0 Å². The summed E-state index contributed by atoms with van der Waals surface area (Å²) in [5, 5.41) is 2.97. The molecule has 0 atom stereocenters. The molecule has 1 rings (SSSR count). The number of benzene rings is 1. The third kappa shape index (κ3) is 5.14. The minimum Gasteiger partial charge on any atom is -0.465 e. The van der Waals surface area contributed by atoms with E-state index in [-0.39, 0.29) is 12.1 Å². The standard InChI is InChI=1S/C11H17N3O4S/c1-18-11(15)9-7-8(3-4-10(9)12)13-5-6-14-19(2,16)17/h3-4,7,13-14H,5-6,12H2,1-2H3. The predicted octanol–water partition coefficient (Wildman–Crippen LogP) is 0.0165. The summed E-state index contributed by atoms with van der Waals surface area (Å²) in [6, 6.07) is 4.84. The van der Waals surface area contributed by atoms with Gasteiger partial charge in [0.25, 0.3) is 0 Å². The summed E-state index contributed by atoms with van der Waals surface area (Å²) in [5.41, 5.74) is 6.91. The quantitative estimate of drug-likeness (QED) is 0.386. The molecule has 0 aliphatic heterocycles. The molecule has 4 N–H and O–H groups in total. The summed E-state index contributed by atoms with van der Waals surface area (Å²) in [6.45, 7) is 0.633. The van der Waals surface area contributed by atoms with E-state index in [4.69, 9.17) is 5.73 Å². The fourth-order valence-electron chi connectivity index (χ4n) is 1.40. The molecular weight excluding hydrogens is 270 g/mol. The van der Waals surface area contributed by atoms with Crippen LogP contribution in [0.4, 0.5) is 11.4 Å². The molecule has 1 aromatic carbocycles. The largest absolute Gasteiger partial charge is 0.465 e. The highest BCUT2D eigenvalue weighted by Gasteiger charge is 2.10. The molecule has 0 radical (unpaired) electrons. The van der Waals surface area contributed by atoms with Crippen LogP contribution in [0.15, 0.2) is 18.2 Å². The smallest absolute Gasteiger partial charge is 0.340 e. The molecular formula is C11H17N3O4S. The Morgan fingerprint density at radius 3 is 2.63 bits per heavy atom. The Morgan fingerprint density at radius 2 is 2.05 bits per heavy atom. The molecule has 0 saturated heterocycles. The van der Waals surface area contributed by atoms with Crippen LogP contribution in [-0.2, 0) is 14.8 Å². The van der Waals surface area contributed by atoms with Crippen molar-refractivity contribution in [2.75, 3.05) is 37.5 Å².